The van der Waals surface area contributed by atoms with Crippen LogP contribution in [0.1, 0.15) is 23.9 Å². The third-order valence-electron chi connectivity index (χ3n) is 3.13. The van der Waals surface area contributed by atoms with Crippen molar-refractivity contribution >= 4 is 10.0 Å². The average Bonchev–Trinajstić information content (AvgIpc) is 2.85. The molecule has 1 aromatic carbocycles. The number of aromatic nitrogens is 3. The zero-order valence-corrected chi connectivity index (χ0v) is 13.0. The van der Waals surface area contributed by atoms with E-state index in [1.807, 2.05) is 6.92 Å². The highest BCUT2D eigenvalue weighted by Crippen LogP contribution is 2.25. The van der Waals surface area contributed by atoms with Gasteiger partial charge < -0.3 is 4.74 Å². The maximum Gasteiger partial charge on any atom is 0.238 e. The van der Waals surface area contributed by atoms with Gasteiger partial charge >= 0.3 is 0 Å². The lowest BCUT2D eigenvalue weighted by molar-refractivity contribution is 0.285. The van der Waals surface area contributed by atoms with E-state index in [0.717, 1.165) is 0 Å². The van der Waals surface area contributed by atoms with E-state index in [0.29, 0.717) is 29.2 Å². The van der Waals surface area contributed by atoms with Crippen LogP contribution < -0.4 is 9.88 Å². The molecule has 0 unspecified atom stereocenters. The van der Waals surface area contributed by atoms with Crippen LogP contribution in [0.2, 0.25) is 0 Å². The van der Waals surface area contributed by atoms with E-state index < -0.39 is 10.0 Å². The molecule has 7 nitrogen and oxygen atoms in total. The molecule has 1 aromatic heterocycles. The molecule has 2 aromatic rings. The number of nitrogens with zero attached hydrogens (tertiary/aromatic N) is 3. The zero-order valence-electron chi connectivity index (χ0n) is 12.2. The minimum Gasteiger partial charge on any atom is -0.485 e. The van der Waals surface area contributed by atoms with E-state index in [9.17, 15) is 8.42 Å². The van der Waals surface area contributed by atoms with Crippen LogP contribution in [0.3, 0.4) is 0 Å². The minimum absolute atomic E-state index is 0.115. The van der Waals surface area contributed by atoms with Crippen molar-refractivity contribution in [2.45, 2.75) is 38.8 Å². The zero-order chi connectivity index (χ0) is 15.6. The van der Waals surface area contributed by atoms with Gasteiger partial charge in [-0.2, -0.15) is 5.10 Å². The fourth-order valence-corrected chi connectivity index (χ4v) is 2.88. The normalized spacial score (nSPS) is 11.6. The van der Waals surface area contributed by atoms with Gasteiger partial charge in [-0.1, -0.05) is 0 Å². The molecule has 0 saturated carbocycles. The second kappa shape index (κ2) is 5.82. The van der Waals surface area contributed by atoms with Gasteiger partial charge in [0.25, 0.3) is 0 Å². The maximum atomic E-state index is 11.5. The topological polar surface area (TPSA) is 100 Å². The van der Waals surface area contributed by atoms with Gasteiger partial charge in [-0.15, -0.1) is 0 Å². The van der Waals surface area contributed by atoms with Gasteiger partial charge in [-0.3, -0.25) is 0 Å². The third-order valence-corrected chi connectivity index (χ3v) is 4.18. The van der Waals surface area contributed by atoms with Gasteiger partial charge in [0.1, 0.15) is 18.7 Å². The second-order valence-electron chi connectivity index (χ2n) is 4.71. The van der Waals surface area contributed by atoms with Crippen LogP contribution in [0.5, 0.6) is 5.75 Å². The monoisotopic (exact) mass is 310 g/mol. The van der Waals surface area contributed by atoms with Crippen molar-refractivity contribution in [3.63, 3.8) is 0 Å². The Kier molecular flexibility index (Phi) is 4.29. The largest absolute Gasteiger partial charge is 0.485 e. The number of aryl methyl sites for hydroxylation is 3. The predicted octanol–water partition coefficient (Wildman–Crippen LogP) is 1.14. The molecule has 0 fully saturated rings. The summed E-state index contributed by atoms with van der Waals surface area (Å²) < 4.78 is 30.4. The molecule has 0 saturated heterocycles. The van der Waals surface area contributed by atoms with Crippen molar-refractivity contribution in [1.82, 2.24) is 14.8 Å². The predicted molar refractivity (Wildman–Crippen MR) is 77.3 cm³/mol. The quantitative estimate of drug-likeness (QED) is 0.892. The van der Waals surface area contributed by atoms with E-state index in [-0.39, 0.29) is 11.5 Å². The summed E-state index contributed by atoms with van der Waals surface area (Å²) in [7, 11) is -3.72. The summed E-state index contributed by atoms with van der Waals surface area (Å²) in [6, 6.07) is 3.19. The number of sulfonamides is 1. The Bertz CT molecular complexity index is 753. The fourth-order valence-electron chi connectivity index (χ4n) is 2.03. The lowest BCUT2D eigenvalue weighted by Crippen LogP contribution is -2.14. The van der Waals surface area contributed by atoms with Gasteiger partial charge in [0, 0.05) is 6.54 Å². The van der Waals surface area contributed by atoms with Crippen LogP contribution >= 0.6 is 0 Å². The Hall–Kier alpha value is -1.93. The summed E-state index contributed by atoms with van der Waals surface area (Å²) >= 11 is 0. The van der Waals surface area contributed by atoms with Gasteiger partial charge in [-0.25, -0.2) is 23.2 Å². The van der Waals surface area contributed by atoms with Crippen LogP contribution in [-0.4, -0.2) is 23.2 Å². The molecule has 21 heavy (non-hydrogen) atoms. The number of ether oxygens (including phenoxy) is 1. The van der Waals surface area contributed by atoms with Gasteiger partial charge in [0.05, 0.1) is 4.90 Å². The van der Waals surface area contributed by atoms with Crippen molar-refractivity contribution < 1.29 is 13.2 Å². The van der Waals surface area contributed by atoms with E-state index >= 15 is 0 Å². The summed E-state index contributed by atoms with van der Waals surface area (Å²) in [5.74, 6) is 1.32. The molecular formula is C13H18N4O3S. The first-order valence-electron chi connectivity index (χ1n) is 6.46. The highest BCUT2D eigenvalue weighted by Gasteiger charge is 2.15. The van der Waals surface area contributed by atoms with E-state index in [2.05, 4.69) is 10.1 Å². The molecule has 0 atom stereocenters. The lowest BCUT2D eigenvalue weighted by Gasteiger charge is -2.12. The number of benzene rings is 1. The van der Waals surface area contributed by atoms with Crippen molar-refractivity contribution in [2.24, 2.45) is 5.14 Å². The molecule has 0 aliphatic heterocycles. The van der Waals surface area contributed by atoms with E-state index in [1.165, 1.54) is 12.4 Å². The molecule has 0 amide bonds. The van der Waals surface area contributed by atoms with E-state index in [4.69, 9.17) is 9.88 Å². The Labute approximate surface area is 123 Å². The second-order valence-corrected chi connectivity index (χ2v) is 6.24. The number of nitrogens with two attached hydrogens (primary N) is 1. The molecule has 8 heteroatoms. The summed E-state index contributed by atoms with van der Waals surface area (Å²) in [6.07, 6.45) is 1.48. The first kappa shape index (κ1) is 15.5. The summed E-state index contributed by atoms with van der Waals surface area (Å²) in [5, 5.41) is 9.24. The standard InChI is InChI=1S/C13H18N4O3S/c1-4-17-13(15-8-16-17)7-20-11-5-10(3)12(6-9(11)2)21(14,18)19/h5-6,8H,4,7H2,1-3H3,(H2,14,18,19). The first-order chi connectivity index (χ1) is 9.82. The summed E-state index contributed by atoms with van der Waals surface area (Å²) in [6.45, 7) is 6.40. The molecule has 0 aliphatic rings. The summed E-state index contributed by atoms with van der Waals surface area (Å²) in [5.41, 5.74) is 1.25. The summed E-state index contributed by atoms with van der Waals surface area (Å²) in [4.78, 5) is 4.24. The van der Waals surface area contributed by atoms with Crippen LogP contribution in [-0.2, 0) is 23.2 Å². The van der Waals surface area contributed by atoms with Crippen LogP contribution in [0.4, 0.5) is 0 Å². The number of hydrogen-bond acceptors (Lipinski definition) is 5. The molecule has 1 heterocycles. The number of hydrogen-bond donors (Lipinski definition) is 1. The molecule has 0 spiro atoms. The van der Waals surface area contributed by atoms with E-state index in [1.54, 1.807) is 24.6 Å². The smallest absolute Gasteiger partial charge is 0.238 e. The van der Waals surface area contributed by atoms with Gasteiger partial charge in [0.2, 0.25) is 10.0 Å². The third kappa shape index (κ3) is 3.40. The number of primary sulfonamides is 1. The average molecular weight is 310 g/mol. The fraction of sp³-hybridized carbons (Fsp3) is 0.385. The molecule has 0 aliphatic carbocycles. The molecule has 114 valence electrons. The van der Waals surface area contributed by atoms with Crippen LogP contribution in [0, 0.1) is 13.8 Å². The SMILES string of the molecule is CCn1ncnc1COc1cc(C)c(S(N)(=O)=O)cc1C. The van der Waals surface area contributed by atoms with Crippen LogP contribution in [0.25, 0.3) is 0 Å². The van der Waals surface area contributed by atoms with Crippen molar-refractivity contribution in [3.8, 4) is 5.75 Å². The Morgan fingerprint density at radius 3 is 2.62 bits per heavy atom. The highest BCUT2D eigenvalue weighted by atomic mass is 32.2. The maximum absolute atomic E-state index is 11.5. The van der Waals surface area contributed by atoms with Crippen molar-refractivity contribution in [2.75, 3.05) is 0 Å². The van der Waals surface area contributed by atoms with Gasteiger partial charge in [-0.05, 0) is 44.0 Å². The molecule has 0 bridgehead atoms. The van der Waals surface area contributed by atoms with Gasteiger partial charge in [0.15, 0.2) is 5.82 Å². The Morgan fingerprint density at radius 2 is 2.00 bits per heavy atom. The van der Waals surface area contributed by atoms with Crippen molar-refractivity contribution in [1.29, 1.82) is 0 Å². The molecule has 0 radical (unpaired) electrons. The molecule has 2 N–H and O–H groups in total. The Balaban J connectivity index is 2.24. The highest BCUT2D eigenvalue weighted by molar-refractivity contribution is 7.89. The van der Waals surface area contributed by atoms with Crippen LogP contribution in [0.15, 0.2) is 23.4 Å². The molecule has 2 rings (SSSR count). The Morgan fingerprint density at radius 1 is 1.29 bits per heavy atom. The lowest BCUT2D eigenvalue weighted by atomic mass is 10.1. The first-order valence-corrected chi connectivity index (χ1v) is 8.01. The molecular weight excluding hydrogens is 292 g/mol. The minimum atomic E-state index is -3.72. The van der Waals surface area contributed by atoms with Crippen molar-refractivity contribution in [3.05, 3.63) is 35.4 Å². The number of rotatable bonds is 5.